The third-order valence-electron chi connectivity index (χ3n) is 4.13. The van der Waals surface area contributed by atoms with Crippen LogP contribution in [0.4, 0.5) is 13.2 Å². The van der Waals surface area contributed by atoms with E-state index in [-0.39, 0.29) is 22.7 Å². The van der Waals surface area contributed by atoms with Crippen LogP contribution in [0.3, 0.4) is 0 Å². The molecule has 118 valence electrons. The number of hydrogen-bond acceptors (Lipinski definition) is 4. The molecule has 3 rings (SSSR count). The number of hydrazone groups is 1. The molecule has 1 N–H and O–H groups in total. The van der Waals surface area contributed by atoms with Crippen LogP contribution in [0.2, 0.25) is 0 Å². The van der Waals surface area contributed by atoms with Crippen LogP contribution in [0, 0.1) is 5.92 Å². The van der Waals surface area contributed by atoms with E-state index in [2.05, 4.69) is 10.1 Å². The Balaban J connectivity index is 2.04. The van der Waals surface area contributed by atoms with Crippen LogP contribution >= 0.6 is 0 Å². The zero-order chi connectivity index (χ0) is 16.0. The Bertz CT molecular complexity index is 618. The minimum atomic E-state index is -4.99. The van der Waals surface area contributed by atoms with Gasteiger partial charge in [0.15, 0.2) is 0 Å². The van der Waals surface area contributed by atoms with Gasteiger partial charge in [-0.25, -0.2) is 0 Å². The van der Waals surface area contributed by atoms with Crippen molar-refractivity contribution in [3.8, 4) is 0 Å². The molecule has 1 aliphatic heterocycles. The van der Waals surface area contributed by atoms with E-state index in [4.69, 9.17) is 0 Å². The summed E-state index contributed by atoms with van der Waals surface area (Å²) in [5.41, 5.74) is -3.09. The van der Waals surface area contributed by atoms with Gasteiger partial charge in [-0.3, -0.25) is 9.78 Å². The molecule has 2 atom stereocenters. The average molecular weight is 313 g/mol. The van der Waals surface area contributed by atoms with Gasteiger partial charge in [0, 0.05) is 18.1 Å². The Morgan fingerprint density at radius 2 is 2.18 bits per heavy atom. The number of halogens is 3. The summed E-state index contributed by atoms with van der Waals surface area (Å²) in [6, 6.07) is 2.78. The van der Waals surface area contributed by atoms with Gasteiger partial charge in [0.2, 0.25) is 0 Å². The average Bonchev–Trinajstić information content (AvgIpc) is 2.82. The lowest BCUT2D eigenvalue weighted by Crippen LogP contribution is -2.61. The third-order valence-corrected chi connectivity index (χ3v) is 4.13. The number of fused-ring (bicyclic) bond motifs is 1. The smallest absolute Gasteiger partial charge is 0.362 e. The standard InChI is InChI=1S/C14H14F3N3O2/c15-14(16,17)13(22)10-5-1-2-6-11(10)19-20(13)12(21)9-4-3-7-18-8-9/h3-4,7-8,10,22H,1-2,5-6H2/t10-,13-/m1/s1. The lowest BCUT2D eigenvalue weighted by Gasteiger charge is -2.38. The molecule has 0 radical (unpaired) electrons. The predicted octanol–water partition coefficient (Wildman–Crippen LogP) is 2.33. The van der Waals surface area contributed by atoms with Crippen LogP contribution < -0.4 is 0 Å². The van der Waals surface area contributed by atoms with E-state index < -0.39 is 23.7 Å². The van der Waals surface area contributed by atoms with Crippen LogP contribution in [0.15, 0.2) is 29.6 Å². The maximum Gasteiger partial charge on any atom is 0.439 e. The molecule has 0 aromatic carbocycles. The fraction of sp³-hybridized carbons (Fsp3) is 0.500. The van der Waals surface area contributed by atoms with E-state index in [9.17, 15) is 23.1 Å². The number of rotatable bonds is 1. The molecule has 1 aliphatic carbocycles. The maximum absolute atomic E-state index is 13.5. The van der Waals surface area contributed by atoms with Gasteiger partial charge in [-0.2, -0.15) is 23.3 Å². The summed E-state index contributed by atoms with van der Waals surface area (Å²) in [5.74, 6) is -2.20. The fourth-order valence-corrected chi connectivity index (χ4v) is 3.03. The molecular weight excluding hydrogens is 299 g/mol. The van der Waals surface area contributed by atoms with Gasteiger partial charge < -0.3 is 5.11 Å². The highest BCUT2D eigenvalue weighted by atomic mass is 19.4. The van der Waals surface area contributed by atoms with Gasteiger partial charge in [-0.05, 0) is 31.4 Å². The number of nitrogens with zero attached hydrogens (tertiary/aromatic N) is 3. The molecule has 1 aromatic rings. The maximum atomic E-state index is 13.5. The van der Waals surface area contributed by atoms with Crippen molar-refractivity contribution in [1.82, 2.24) is 9.99 Å². The first kappa shape index (κ1) is 15.0. The number of hydrogen-bond donors (Lipinski definition) is 1. The van der Waals surface area contributed by atoms with E-state index in [1.165, 1.54) is 18.3 Å². The molecule has 0 spiro atoms. The van der Waals surface area contributed by atoms with Crippen molar-refractivity contribution in [2.24, 2.45) is 11.0 Å². The fourth-order valence-electron chi connectivity index (χ4n) is 3.03. The van der Waals surface area contributed by atoms with Crippen LogP contribution in [-0.2, 0) is 0 Å². The highest BCUT2D eigenvalue weighted by Crippen LogP contribution is 2.48. The van der Waals surface area contributed by atoms with E-state index in [0.29, 0.717) is 19.3 Å². The highest BCUT2D eigenvalue weighted by Gasteiger charge is 2.68. The molecule has 0 unspecified atom stereocenters. The van der Waals surface area contributed by atoms with Crippen LogP contribution in [0.1, 0.15) is 36.0 Å². The Morgan fingerprint density at radius 1 is 1.41 bits per heavy atom. The lowest BCUT2D eigenvalue weighted by atomic mass is 9.80. The molecule has 1 fully saturated rings. The largest absolute Gasteiger partial charge is 0.439 e. The number of aliphatic hydroxyl groups is 1. The van der Waals surface area contributed by atoms with Gasteiger partial charge in [0.25, 0.3) is 11.6 Å². The molecule has 1 aromatic heterocycles. The molecule has 5 nitrogen and oxygen atoms in total. The second-order valence-corrected chi connectivity index (χ2v) is 5.47. The van der Waals surface area contributed by atoms with Crippen LogP contribution in [0.5, 0.6) is 0 Å². The summed E-state index contributed by atoms with van der Waals surface area (Å²) >= 11 is 0. The minimum absolute atomic E-state index is 0.0480. The summed E-state index contributed by atoms with van der Waals surface area (Å²) in [5, 5.41) is 14.4. The number of carbonyl (C=O) groups excluding carboxylic acids is 1. The van der Waals surface area contributed by atoms with Crippen molar-refractivity contribution in [3.63, 3.8) is 0 Å². The quantitative estimate of drug-likeness (QED) is 0.865. The Hall–Kier alpha value is -1.96. The number of alkyl halides is 3. The van der Waals surface area contributed by atoms with Crippen molar-refractivity contribution in [1.29, 1.82) is 0 Å². The van der Waals surface area contributed by atoms with Crippen molar-refractivity contribution in [2.75, 3.05) is 0 Å². The van der Waals surface area contributed by atoms with E-state index in [1.807, 2.05) is 0 Å². The van der Waals surface area contributed by atoms with Gasteiger partial charge in [-0.15, -0.1) is 0 Å². The molecule has 2 aliphatic rings. The first-order chi connectivity index (χ1) is 10.4. The van der Waals surface area contributed by atoms with Crippen molar-refractivity contribution >= 4 is 11.6 Å². The number of amides is 1. The van der Waals surface area contributed by atoms with E-state index >= 15 is 0 Å². The monoisotopic (exact) mass is 313 g/mol. The van der Waals surface area contributed by atoms with Gasteiger partial charge >= 0.3 is 6.18 Å². The Labute approximate surface area is 124 Å². The van der Waals surface area contributed by atoms with Crippen LogP contribution in [0.25, 0.3) is 0 Å². The second-order valence-electron chi connectivity index (χ2n) is 5.47. The van der Waals surface area contributed by atoms with Crippen molar-refractivity contribution in [2.45, 2.75) is 37.6 Å². The molecule has 22 heavy (non-hydrogen) atoms. The van der Waals surface area contributed by atoms with Gasteiger partial charge in [0.05, 0.1) is 11.5 Å². The summed E-state index contributed by atoms with van der Waals surface area (Å²) in [7, 11) is 0. The van der Waals surface area contributed by atoms with E-state index in [1.54, 1.807) is 0 Å². The molecule has 0 saturated heterocycles. The first-order valence-corrected chi connectivity index (χ1v) is 6.97. The van der Waals surface area contributed by atoms with Gasteiger partial charge in [0.1, 0.15) is 0 Å². The SMILES string of the molecule is O=C(c1cccnc1)N1N=C2CCCC[C@H]2[C@@]1(O)C(F)(F)F. The second kappa shape index (κ2) is 5.05. The normalized spacial score (nSPS) is 28.3. The van der Waals surface area contributed by atoms with Crippen molar-refractivity contribution in [3.05, 3.63) is 30.1 Å². The number of aromatic nitrogens is 1. The summed E-state index contributed by atoms with van der Waals surface area (Å²) in [6.07, 6.45) is -0.636. The molecule has 1 saturated carbocycles. The zero-order valence-electron chi connectivity index (χ0n) is 11.5. The summed E-state index contributed by atoms with van der Waals surface area (Å²) in [6.45, 7) is 0. The summed E-state index contributed by atoms with van der Waals surface area (Å²) < 4.78 is 40.5. The lowest BCUT2D eigenvalue weighted by molar-refractivity contribution is -0.312. The molecule has 8 heteroatoms. The van der Waals surface area contributed by atoms with Crippen LogP contribution in [-0.4, -0.2) is 38.6 Å². The Kier molecular flexibility index (Phi) is 3.43. The van der Waals surface area contributed by atoms with Gasteiger partial charge in [-0.1, -0.05) is 6.42 Å². The highest BCUT2D eigenvalue weighted by molar-refractivity contribution is 5.99. The molecule has 0 bridgehead atoms. The summed E-state index contributed by atoms with van der Waals surface area (Å²) in [4.78, 5) is 16.1. The molecule has 1 amide bonds. The zero-order valence-corrected chi connectivity index (χ0v) is 11.5. The molecule has 2 heterocycles. The first-order valence-electron chi connectivity index (χ1n) is 6.97. The number of pyridine rings is 1. The third kappa shape index (κ3) is 2.09. The van der Waals surface area contributed by atoms with Crippen molar-refractivity contribution < 1.29 is 23.1 Å². The Morgan fingerprint density at radius 3 is 2.82 bits per heavy atom. The van der Waals surface area contributed by atoms with E-state index in [0.717, 1.165) is 6.20 Å². The predicted molar refractivity (Wildman–Crippen MR) is 70.8 cm³/mol. The molecular formula is C14H14F3N3O2. The topological polar surface area (TPSA) is 65.8 Å². The minimum Gasteiger partial charge on any atom is -0.362 e. The number of carbonyl (C=O) groups is 1.